The van der Waals surface area contributed by atoms with Crippen molar-refractivity contribution in [2.24, 2.45) is 0 Å². The summed E-state index contributed by atoms with van der Waals surface area (Å²) in [5.74, 6) is -0.869. The smallest absolute Gasteiger partial charge is 0.278 e. The van der Waals surface area contributed by atoms with Gasteiger partial charge in [0.15, 0.2) is 11.9 Å². The molecule has 1 aromatic heterocycles. The van der Waals surface area contributed by atoms with Crippen LogP contribution in [0.1, 0.15) is 16.7 Å². The van der Waals surface area contributed by atoms with Gasteiger partial charge in [-0.05, 0) is 6.07 Å². The van der Waals surface area contributed by atoms with E-state index in [0.29, 0.717) is 0 Å². The molecular formula is C15H17N5O7. The van der Waals surface area contributed by atoms with E-state index in [0.717, 1.165) is 10.9 Å². The van der Waals surface area contributed by atoms with Crippen molar-refractivity contribution in [3.63, 3.8) is 0 Å². The zero-order valence-corrected chi connectivity index (χ0v) is 13.8. The number of benzene rings is 1. The summed E-state index contributed by atoms with van der Waals surface area (Å²) in [4.78, 5) is 26.5. The lowest BCUT2D eigenvalue weighted by Crippen LogP contribution is -2.33. The molecule has 1 aliphatic heterocycles. The SMILES string of the molecule is Nc1c(C(=O)Nc2cccc([N+](=O)[O-])c2)ncn1[C@@H]1O[C@H](CO)C(O)C1O. The Balaban J connectivity index is 1.80. The highest BCUT2D eigenvalue weighted by Gasteiger charge is 2.44. The van der Waals surface area contributed by atoms with Crippen LogP contribution in [0.25, 0.3) is 0 Å². The fraction of sp³-hybridized carbons (Fsp3) is 0.333. The second-order valence-corrected chi connectivity index (χ2v) is 5.88. The predicted octanol–water partition coefficient (Wildman–Crippen LogP) is -0.763. The van der Waals surface area contributed by atoms with Gasteiger partial charge < -0.3 is 31.1 Å². The van der Waals surface area contributed by atoms with E-state index in [9.17, 15) is 25.1 Å². The van der Waals surface area contributed by atoms with E-state index in [-0.39, 0.29) is 22.9 Å². The first-order chi connectivity index (χ1) is 12.8. The summed E-state index contributed by atoms with van der Waals surface area (Å²) in [6, 6.07) is 5.33. The molecule has 2 unspecified atom stereocenters. The fourth-order valence-corrected chi connectivity index (χ4v) is 2.75. The summed E-state index contributed by atoms with van der Waals surface area (Å²) < 4.78 is 6.50. The van der Waals surface area contributed by atoms with Crippen LogP contribution in [0.2, 0.25) is 0 Å². The van der Waals surface area contributed by atoms with Crippen LogP contribution in [0, 0.1) is 10.1 Å². The molecule has 4 atom stereocenters. The number of nitro benzene ring substituents is 1. The number of imidazole rings is 1. The average Bonchev–Trinajstić information content (AvgIpc) is 3.15. The van der Waals surface area contributed by atoms with Crippen LogP contribution in [0.3, 0.4) is 0 Å². The highest BCUT2D eigenvalue weighted by atomic mass is 16.6. The monoisotopic (exact) mass is 379 g/mol. The van der Waals surface area contributed by atoms with Gasteiger partial charge in [-0.25, -0.2) is 4.98 Å². The Bertz CT molecular complexity index is 870. The van der Waals surface area contributed by atoms with Gasteiger partial charge in [-0.2, -0.15) is 0 Å². The van der Waals surface area contributed by atoms with Crippen LogP contribution in [0.5, 0.6) is 0 Å². The van der Waals surface area contributed by atoms with Crippen molar-refractivity contribution < 1.29 is 29.8 Å². The second kappa shape index (κ2) is 7.28. The summed E-state index contributed by atoms with van der Waals surface area (Å²) in [5, 5.41) is 42.3. The van der Waals surface area contributed by atoms with Crippen molar-refractivity contribution in [2.45, 2.75) is 24.5 Å². The summed E-state index contributed by atoms with van der Waals surface area (Å²) >= 11 is 0. The van der Waals surface area contributed by atoms with Gasteiger partial charge in [0.1, 0.15) is 24.1 Å². The molecule has 27 heavy (non-hydrogen) atoms. The molecule has 6 N–H and O–H groups in total. The molecule has 1 aliphatic rings. The maximum absolute atomic E-state index is 12.4. The second-order valence-electron chi connectivity index (χ2n) is 5.88. The van der Waals surface area contributed by atoms with Crippen molar-refractivity contribution in [3.05, 3.63) is 46.4 Å². The number of carbonyl (C=O) groups excluding carboxylic acids is 1. The third-order valence-electron chi connectivity index (χ3n) is 4.15. The maximum atomic E-state index is 12.4. The van der Waals surface area contributed by atoms with E-state index in [4.69, 9.17) is 15.6 Å². The number of nitro groups is 1. The number of anilines is 2. The van der Waals surface area contributed by atoms with Gasteiger partial charge in [-0.15, -0.1) is 0 Å². The molecule has 3 rings (SSSR count). The Labute approximate surface area is 152 Å². The van der Waals surface area contributed by atoms with Gasteiger partial charge in [0.05, 0.1) is 17.9 Å². The van der Waals surface area contributed by atoms with Gasteiger partial charge >= 0.3 is 0 Å². The van der Waals surface area contributed by atoms with Gasteiger partial charge in [-0.3, -0.25) is 19.5 Å². The van der Waals surface area contributed by atoms with Crippen LogP contribution in [-0.2, 0) is 4.74 Å². The average molecular weight is 379 g/mol. The molecular weight excluding hydrogens is 362 g/mol. The number of aliphatic hydroxyl groups is 3. The minimum absolute atomic E-state index is 0.146. The van der Waals surface area contributed by atoms with Crippen molar-refractivity contribution >= 4 is 23.1 Å². The Morgan fingerprint density at radius 2 is 2.15 bits per heavy atom. The number of hydrogen-bond donors (Lipinski definition) is 5. The van der Waals surface area contributed by atoms with E-state index in [2.05, 4.69) is 10.3 Å². The lowest BCUT2D eigenvalue weighted by atomic mass is 10.1. The number of hydrogen-bond acceptors (Lipinski definition) is 9. The van der Waals surface area contributed by atoms with Crippen LogP contribution in [0.15, 0.2) is 30.6 Å². The van der Waals surface area contributed by atoms with Crippen LogP contribution < -0.4 is 11.1 Å². The number of nitrogens with two attached hydrogens (primary N) is 1. The molecule has 1 amide bonds. The van der Waals surface area contributed by atoms with Crippen LogP contribution in [-0.4, -0.2) is 60.6 Å². The molecule has 0 saturated carbocycles. The molecule has 0 aliphatic carbocycles. The van der Waals surface area contributed by atoms with Crippen molar-refractivity contribution in [2.75, 3.05) is 17.7 Å². The summed E-state index contributed by atoms with van der Waals surface area (Å²) in [6.45, 7) is -0.510. The summed E-state index contributed by atoms with van der Waals surface area (Å²) in [5.41, 5.74) is 5.69. The molecule has 12 nitrogen and oxygen atoms in total. The number of ether oxygens (including phenoxy) is 1. The Morgan fingerprint density at radius 3 is 2.78 bits per heavy atom. The molecule has 0 bridgehead atoms. The van der Waals surface area contributed by atoms with E-state index in [1.807, 2.05) is 0 Å². The van der Waals surface area contributed by atoms with Gasteiger partial charge in [-0.1, -0.05) is 6.07 Å². The molecule has 0 spiro atoms. The molecule has 1 aromatic carbocycles. The van der Waals surface area contributed by atoms with Crippen molar-refractivity contribution in [1.29, 1.82) is 0 Å². The van der Waals surface area contributed by atoms with Gasteiger partial charge in [0, 0.05) is 17.8 Å². The van der Waals surface area contributed by atoms with Crippen LogP contribution in [0.4, 0.5) is 17.2 Å². The molecule has 2 heterocycles. The number of nitrogens with zero attached hydrogens (tertiary/aromatic N) is 3. The number of aromatic nitrogens is 2. The lowest BCUT2D eigenvalue weighted by Gasteiger charge is -2.17. The minimum atomic E-state index is -1.38. The first-order valence-electron chi connectivity index (χ1n) is 7.84. The number of amides is 1. The van der Waals surface area contributed by atoms with Crippen molar-refractivity contribution in [3.8, 4) is 0 Å². The number of rotatable bonds is 5. The number of nitrogens with one attached hydrogen (secondary N) is 1. The largest absolute Gasteiger partial charge is 0.394 e. The zero-order chi connectivity index (χ0) is 19.7. The highest BCUT2D eigenvalue weighted by Crippen LogP contribution is 2.32. The van der Waals surface area contributed by atoms with E-state index >= 15 is 0 Å². The maximum Gasteiger partial charge on any atom is 0.278 e. The number of non-ortho nitro benzene ring substituents is 1. The predicted molar refractivity (Wildman–Crippen MR) is 90.7 cm³/mol. The minimum Gasteiger partial charge on any atom is -0.394 e. The first-order valence-corrected chi connectivity index (χ1v) is 7.84. The summed E-state index contributed by atoms with van der Waals surface area (Å²) in [6.07, 6.45) is -3.70. The first kappa shape index (κ1) is 18.7. The molecule has 2 aromatic rings. The Kier molecular flexibility index (Phi) is 5.05. The Morgan fingerprint density at radius 1 is 1.41 bits per heavy atom. The number of aliphatic hydroxyl groups excluding tert-OH is 3. The topological polar surface area (TPSA) is 186 Å². The fourth-order valence-electron chi connectivity index (χ4n) is 2.75. The third kappa shape index (κ3) is 3.46. The van der Waals surface area contributed by atoms with E-state index < -0.39 is 42.0 Å². The van der Waals surface area contributed by atoms with E-state index in [1.54, 1.807) is 0 Å². The van der Waals surface area contributed by atoms with Gasteiger partial charge in [0.2, 0.25) is 0 Å². The molecule has 144 valence electrons. The normalized spacial score (nSPS) is 24.7. The zero-order valence-electron chi connectivity index (χ0n) is 13.8. The third-order valence-corrected chi connectivity index (χ3v) is 4.15. The van der Waals surface area contributed by atoms with Crippen molar-refractivity contribution in [1.82, 2.24) is 9.55 Å². The molecule has 0 radical (unpaired) electrons. The highest BCUT2D eigenvalue weighted by molar-refractivity contribution is 6.06. The van der Waals surface area contributed by atoms with Gasteiger partial charge in [0.25, 0.3) is 11.6 Å². The standard InChI is InChI=1S/C15H17N5O7/c16-13-10(14(24)18-7-2-1-3-8(4-7)20(25)26)17-6-19(13)15-12(23)11(22)9(5-21)27-15/h1-4,6,9,11-12,15,21-23H,5,16H2,(H,18,24)/t9-,11?,12?,15-/m1/s1. The summed E-state index contributed by atoms with van der Waals surface area (Å²) in [7, 11) is 0. The molecule has 1 fully saturated rings. The number of nitrogen functional groups attached to an aromatic ring is 1. The molecule has 1 saturated heterocycles. The lowest BCUT2D eigenvalue weighted by molar-refractivity contribution is -0.384. The van der Waals surface area contributed by atoms with E-state index in [1.165, 1.54) is 24.3 Å². The Hall–Kier alpha value is -3.06. The van der Waals surface area contributed by atoms with Crippen LogP contribution >= 0.6 is 0 Å². The molecule has 12 heteroatoms. The number of carbonyl (C=O) groups is 1. The quantitative estimate of drug-likeness (QED) is 0.329.